The summed E-state index contributed by atoms with van der Waals surface area (Å²) in [6.07, 6.45) is 1.31. The molecule has 0 amide bonds. The van der Waals surface area contributed by atoms with Crippen molar-refractivity contribution in [3.8, 4) is 0 Å². The van der Waals surface area contributed by atoms with Crippen LogP contribution in [0.4, 0.5) is 0 Å². The summed E-state index contributed by atoms with van der Waals surface area (Å²) in [4.78, 5) is 0. The molecule has 1 aliphatic rings. The zero-order chi connectivity index (χ0) is 13.5. The number of ether oxygens (including phenoxy) is 3. The SMILES string of the molecule is CNC1CC(OCc2ccccc2)C1OCCOC. The van der Waals surface area contributed by atoms with E-state index in [4.69, 9.17) is 14.2 Å². The molecule has 2 rings (SSSR count). The van der Waals surface area contributed by atoms with E-state index in [1.165, 1.54) is 5.56 Å². The molecule has 0 aromatic heterocycles. The van der Waals surface area contributed by atoms with E-state index in [0.717, 1.165) is 6.42 Å². The number of hydrogen-bond donors (Lipinski definition) is 1. The van der Waals surface area contributed by atoms with E-state index in [1.54, 1.807) is 7.11 Å². The summed E-state index contributed by atoms with van der Waals surface area (Å²) in [5.74, 6) is 0. The van der Waals surface area contributed by atoms with Crippen LogP contribution in [0.25, 0.3) is 0 Å². The number of benzene rings is 1. The van der Waals surface area contributed by atoms with Gasteiger partial charge in [0.25, 0.3) is 0 Å². The van der Waals surface area contributed by atoms with Crippen LogP contribution in [0.1, 0.15) is 12.0 Å². The monoisotopic (exact) mass is 265 g/mol. The van der Waals surface area contributed by atoms with Crippen molar-refractivity contribution in [2.24, 2.45) is 0 Å². The highest BCUT2D eigenvalue weighted by Gasteiger charge is 2.41. The van der Waals surface area contributed by atoms with Crippen LogP contribution in [0.5, 0.6) is 0 Å². The van der Waals surface area contributed by atoms with Gasteiger partial charge in [0.15, 0.2) is 0 Å². The third-order valence-corrected chi connectivity index (χ3v) is 3.52. The second-order valence-corrected chi connectivity index (χ2v) is 4.79. The third kappa shape index (κ3) is 4.01. The van der Waals surface area contributed by atoms with Crippen molar-refractivity contribution in [1.82, 2.24) is 5.32 Å². The molecule has 0 radical (unpaired) electrons. The molecular formula is C15H23NO3. The zero-order valence-corrected chi connectivity index (χ0v) is 11.7. The molecular weight excluding hydrogens is 242 g/mol. The van der Waals surface area contributed by atoms with Crippen molar-refractivity contribution in [2.75, 3.05) is 27.4 Å². The molecule has 1 aromatic carbocycles. The van der Waals surface area contributed by atoms with Gasteiger partial charge in [0, 0.05) is 13.2 Å². The average molecular weight is 265 g/mol. The molecule has 1 aromatic rings. The van der Waals surface area contributed by atoms with Crippen molar-refractivity contribution in [3.05, 3.63) is 35.9 Å². The molecule has 3 atom stereocenters. The number of hydrogen-bond acceptors (Lipinski definition) is 4. The molecule has 1 aliphatic carbocycles. The fourth-order valence-corrected chi connectivity index (χ4v) is 2.30. The first-order valence-electron chi connectivity index (χ1n) is 6.78. The summed E-state index contributed by atoms with van der Waals surface area (Å²) in [5, 5.41) is 3.26. The van der Waals surface area contributed by atoms with Crippen molar-refractivity contribution < 1.29 is 14.2 Å². The molecule has 4 nitrogen and oxygen atoms in total. The van der Waals surface area contributed by atoms with Gasteiger partial charge in [-0.05, 0) is 19.0 Å². The Kier molecular flexibility index (Phi) is 5.79. The summed E-state index contributed by atoms with van der Waals surface area (Å²) in [6, 6.07) is 10.6. The maximum atomic E-state index is 5.93. The highest BCUT2D eigenvalue weighted by atomic mass is 16.6. The first-order valence-corrected chi connectivity index (χ1v) is 6.78. The number of methoxy groups -OCH3 is 1. The van der Waals surface area contributed by atoms with Crippen molar-refractivity contribution >= 4 is 0 Å². The smallest absolute Gasteiger partial charge is 0.0991 e. The minimum absolute atomic E-state index is 0.129. The van der Waals surface area contributed by atoms with Gasteiger partial charge in [-0.3, -0.25) is 0 Å². The fourth-order valence-electron chi connectivity index (χ4n) is 2.30. The molecule has 0 saturated heterocycles. The largest absolute Gasteiger partial charge is 0.382 e. The molecule has 0 aliphatic heterocycles. The lowest BCUT2D eigenvalue weighted by Gasteiger charge is -2.43. The second kappa shape index (κ2) is 7.60. The Morgan fingerprint density at radius 1 is 1.16 bits per heavy atom. The normalized spacial score (nSPS) is 26.1. The fraction of sp³-hybridized carbons (Fsp3) is 0.600. The predicted molar refractivity (Wildman–Crippen MR) is 74.1 cm³/mol. The highest BCUT2D eigenvalue weighted by Crippen LogP contribution is 2.28. The van der Waals surface area contributed by atoms with Crippen LogP contribution in [0.15, 0.2) is 30.3 Å². The topological polar surface area (TPSA) is 39.7 Å². The first-order chi connectivity index (χ1) is 9.35. The minimum Gasteiger partial charge on any atom is -0.382 e. The number of rotatable bonds is 8. The summed E-state index contributed by atoms with van der Waals surface area (Å²) in [6.45, 7) is 1.88. The van der Waals surface area contributed by atoms with Crippen molar-refractivity contribution in [1.29, 1.82) is 0 Å². The Hall–Kier alpha value is -0.940. The van der Waals surface area contributed by atoms with E-state index in [9.17, 15) is 0 Å². The summed E-state index contributed by atoms with van der Waals surface area (Å²) in [5.41, 5.74) is 1.20. The van der Waals surface area contributed by atoms with Crippen molar-refractivity contribution in [2.45, 2.75) is 31.3 Å². The van der Waals surface area contributed by atoms with Gasteiger partial charge >= 0.3 is 0 Å². The summed E-state index contributed by atoms with van der Waals surface area (Å²) in [7, 11) is 3.65. The zero-order valence-electron chi connectivity index (χ0n) is 11.7. The Morgan fingerprint density at radius 3 is 2.63 bits per heavy atom. The van der Waals surface area contributed by atoms with E-state index in [0.29, 0.717) is 25.9 Å². The Balaban J connectivity index is 1.76. The molecule has 19 heavy (non-hydrogen) atoms. The molecule has 0 spiro atoms. The van der Waals surface area contributed by atoms with Gasteiger partial charge in [-0.2, -0.15) is 0 Å². The van der Waals surface area contributed by atoms with Gasteiger partial charge in [0.05, 0.1) is 32.0 Å². The minimum atomic E-state index is 0.129. The predicted octanol–water partition coefficient (Wildman–Crippen LogP) is 1.60. The van der Waals surface area contributed by atoms with Crippen LogP contribution in [-0.4, -0.2) is 45.6 Å². The van der Waals surface area contributed by atoms with Crippen LogP contribution in [0.2, 0.25) is 0 Å². The Morgan fingerprint density at radius 2 is 1.95 bits per heavy atom. The van der Waals surface area contributed by atoms with E-state index < -0.39 is 0 Å². The van der Waals surface area contributed by atoms with Crippen LogP contribution >= 0.6 is 0 Å². The molecule has 106 valence electrons. The lowest BCUT2D eigenvalue weighted by Crippen LogP contribution is -2.59. The van der Waals surface area contributed by atoms with Gasteiger partial charge < -0.3 is 19.5 Å². The molecule has 1 fully saturated rings. The first kappa shape index (κ1) is 14.5. The molecule has 1 saturated carbocycles. The third-order valence-electron chi connectivity index (χ3n) is 3.52. The lowest BCUT2D eigenvalue weighted by atomic mass is 9.85. The summed E-state index contributed by atoms with van der Waals surface area (Å²) >= 11 is 0. The molecule has 0 heterocycles. The quantitative estimate of drug-likeness (QED) is 0.725. The van der Waals surface area contributed by atoms with Crippen molar-refractivity contribution in [3.63, 3.8) is 0 Å². The van der Waals surface area contributed by atoms with Crippen LogP contribution < -0.4 is 5.32 Å². The standard InChI is InChI=1S/C15H23NO3/c1-16-13-10-14(15(13)18-9-8-17-2)19-11-12-6-4-3-5-7-12/h3-7,13-16H,8-11H2,1-2H3. The van der Waals surface area contributed by atoms with Crippen LogP contribution in [0.3, 0.4) is 0 Å². The van der Waals surface area contributed by atoms with Gasteiger partial charge in [0.2, 0.25) is 0 Å². The maximum Gasteiger partial charge on any atom is 0.0991 e. The van der Waals surface area contributed by atoms with E-state index >= 15 is 0 Å². The number of nitrogens with one attached hydrogen (secondary N) is 1. The van der Waals surface area contributed by atoms with E-state index in [2.05, 4.69) is 17.4 Å². The van der Waals surface area contributed by atoms with Gasteiger partial charge in [-0.1, -0.05) is 30.3 Å². The van der Waals surface area contributed by atoms with Crippen LogP contribution in [-0.2, 0) is 20.8 Å². The maximum absolute atomic E-state index is 5.93. The lowest BCUT2D eigenvalue weighted by molar-refractivity contribution is -0.155. The molecule has 4 heteroatoms. The second-order valence-electron chi connectivity index (χ2n) is 4.79. The van der Waals surface area contributed by atoms with Gasteiger partial charge in [0.1, 0.15) is 0 Å². The van der Waals surface area contributed by atoms with Gasteiger partial charge in [-0.15, -0.1) is 0 Å². The van der Waals surface area contributed by atoms with E-state index in [-0.39, 0.29) is 12.2 Å². The Labute approximate surface area is 115 Å². The van der Waals surface area contributed by atoms with E-state index in [1.807, 2.05) is 25.2 Å². The number of likely N-dealkylation sites (N-methyl/N-ethyl adjacent to an activating group) is 1. The molecule has 1 N–H and O–H groups in total. The van der Waals surface area contributed by atoms with Crippen LogP contribution in [0, 0.1) is 0 Å². The Bertz CT molecular complexity index is 358. The highest BCUT2D eigenvalue weighted by molar-refractivity contribution is 5.13. The summed E-state index contributed by atoms with van der Waals surface area (Å²) < 4.78 is 16.8. The average Bonchev–Trinajstić information content (AvgIpc) is 2.44. The molecule has 3 unspecified atom stereocenters. The molecule has 0 bridgehead atoms. The van der Waals surface area contributed by atoms with Gasteiger partial charge in [-0.25, -0.2) is 0 Å².